The fourth-order valence-electron chi connectivity index (χ4n) is 1.44. The number of pyridine rings is 1. The van der Waals surface area contributed by atoms with E-state index in [2.05, 4.69) is 0 Å². The van der Waals surface area contributed by atoms with E-state index >= 15 is 0 Å². The van der Waals surface area contributed by atoms with E-state index in [1.54, 1.807) is 25.3 Å². The molecule has 0 bridgehead atoms. The number of hydrogen-bond acceptors (Lipinski definition) is 4. The van der Waals surface area contributed by atoms with Crippen LogP contribution in [0.4, 0.5) is 0 Å². The fourth-order valence-corrected chi connectivity index (χ4v) is 1.44. The first-order valence-electron chi connectivity index (χ1n) is 5.96. The Morgan fingerprint density at radius 1 is 1.44 bits per heavy atom. The zero-order valence-electron chi connectivity index (χ0n) is 11.2. The minimum absolute atomic E-state index is 0.152. The Balaban J connectivity index is 2.94. The Hall–Kier alpha value is -1.78. The summed E-state index contributed by atoms with van der Waals surface area (Å²) in [4.78, 5) is 23.8. The van der Waals surface area contributed by atoms with Gasteiger partial charge in [-0.05, 0) is 32.4 Å². The van der Waals surface area contributed by atoms with Crippen LogP contribution in [0.15, 0.2) is 23.1 Å². The predicted molar refractivity (Wildman–Crippen MR) is 67.8 cm³/mol. The number of carbonyl (C=O) groups excluding carboxylic acids is 1. The highest BCUT2D eigenvalue weighted by molar-refractivity contribution is 5.74. The van der Waals surface area contributed by atoms with Crippen molar-refractivity contribution in [2.24, 2.45) is 0 Å². The van der Waals surface area contributed by atoms with Crippen LogP contribution in [-0.2, 0) is 9.53 Å². The summed E-state index contributed by atoms with van der Waals surface area (Å²) in [5.74, 6) is -0.208. The zero-order valence-corrected chi connectivity index (χ0v) is 11.2. The van der Waals surface area contributed by atoms with Crippen LogP contribution in [0.25, 0.3) is 0 Å². The van der Waals surface area contributed by atoms with E-state index in [9.17, 15) is 9.59 Å². The molecule has 0 fully saturated rings. The molecule has 1 heterocycles. The van der Waals surface area contributed by atoms with Crippen molar-refractivity contribution >= 4 is 5.97 Å². The maximum absolute atomic E-state index is 11.9. The Kier molecular flexibility index (Phi) is 4.95. The van der Waals surface area contributed by atoms with Crippen LogP contribution in [0.2, 0.25) is 0 Å². The smallest absolute Gasteiger partial charge is 0.329 e. The second-order valence-corrected chi connectivity index (χ2v) is 4.12. The second-order valence-electron chi connectivity index (χ2n) is 4.12. The zero-order chi connectivity index (χ0) is 13.7. The molecule has 0 aromatic carbocycles. The van der Waals surface area contributed by atoms with Crippen LogP contribution in [0.1, 0.15) is 33.2 Å². The van der Waals surface area contributed by atoms with Gasteiger partial charge in [0.1, 0.15) is 6.04 Å². The lowest BCUT2D eigenvalue weighted by atomic mass is 10.3. The first-order valence-corrected chi connectivity index (χ1v) is 5.96. The van der Waals surface area contributed by atoms with Gasteiger partial charge < -0.3 is 9.47 Å². The van der Waals surface area contributed by atoms with Crippen molar-refractivity contribution in [3.63, 3.8) is 0 Å². The third-order valence-electron chi connectivity index (χ3n) is 2.81. The minimum atomic E-state index is -0.665. The van der Waals surface area contributed by atoms with Gasteiger partial charge in [0.05, 0.1) is 13.2 Å². The van der Waals surface area contributed by atoms with Crippen molar-refractivity contribution in [2.45, 2.75) is 39.3 Å². The van der Waals surface area contributed by atoms with E-state index in [0.717, 1.165) is 6.42 Å². The third kappa shape index (κ3) is 3.12. The molecule has 5 nitrogen and oxygen atoms in total. The van der Waals surface area contributed by atoms with Gasteiger partial charge in [0, 0.05) is 6.20 Å². The lowest BCUT2D eigenvalue weighted by Gasteiger charge is -2.17. The number of rotatable bonds is 5. The van der Waals surface area contributed by atoms with Crippen molar-refractivity contribution in [3.8, 4) is 5.75 Å². The van der Waals surface area contributed by atoms with Crippen molar-refractivity contribution in [1.82, 2.24) is 4.57 Å². The predicted octanol–water partition coefficient (Wildman–Crippen LogP) is 1.76. The number of methoxy groups -OCH3 is 1. The summed E-state index contributed by atoms with van der Waals surface area (Å²) in [5.41, 5.74) is -0.339. The summed E-state index contributed by atoms with van der Waals surface area (Å²) in [5, 5.41) is 0. The third-order valence-corrected chi connectivity index (χ3v) is 2.81. The SMILES string of the molecule is CCC(C)OC(=O)C(C)n1cccc(OC)c1=O. The van der Waals surface area contributed by atoms with E-state index in [-0.39, 0.29) is 17.4 Å². The molecule has 0 aliphatic rings. The number of aromatic nitrogens is 1. The lowest BCUT2D eigenvalue weighted by Crippen LogP contribution is -2.30. The molecule has 0 radical (unpaired) electrons. The molecular formula is C13H19NO4. The van der Waals surface area contributed by atoms with Crippen LogP contribution >= 0.6 is 0 Å². The average molecular weight is 253 g/mol. The van der Waals surface area contributed by atoms with Crippen LogP contribution in [0.3, 0.4) is 0 Å². The highest BCUT2D eigenvalue weighted by Crippen LogP contribution is 2.10. The summed E-state index contributed by atoms with van der Waals surface area (Å²) in [6.45, 7) is 5.38. The summed E-state index contributed by atoms with van der Waals surface area (Å²) < 4.78 is 11.4. The van der Waals surface area contributed by atoms with E-state index < -0.39 is 12.0 Å². The topological polar surface area (TPSA) is 57.5 Å². The molecule has 2 unspecified atom stereocenters. The number of esters is 1. The van der Waals surface area contributed by atoms with Crippen molar-refractivity contribution < 1.29 is 14.3 Å². The van der Waals surface area contributed by atoms with Crippen LogP contribution in [0.5, 0.6) is 5.75 Å². The number of ether oxygens (including phenoxy) is 2. The molecule has 1 rings (SSSR count). The monoisotopic (exact) mass is 253 g/mol. The first kappa shape index (κ1) is 14.3. The highest BCUT2D eigenvalue weighted by atomic mass is 16.5. The van der Waals surface area contributed by atoms with Crippen molar-refractivity contribution in [2.75, 3.05) is 7.11 Å². The molecule has 1 aromatic heterocycles. The maximum atomic E-state index is 11.9. The van der Waals surface area contributed by atoms with E-state index in [0.29, 0.717) is 0 Å². The molecule has 0 amide bonds. The standard InChI is InChI=1S/C13H19NO4/c1-5-9(2)18-13(16)10(3)14-8-6-7-11(17-4)12(14)15/h6-10H,5H2,1-4H3. The average Bonchev–Trinajstić information content (AvgIpc) is 2.38. The van der Waals surface area contributed by atoms with Crippen molar-refractivity contribution in [1.29, 1.82) is 0 Å². The van der Waals surface area contributed by atoms with Crippen molar-refractivity contribution in [3.05, 3.63) is 28.7 Å². The maximum Gasteiger partial charge on any atom is 0.329 e. The fraction of sp³-hybridized carbons (Fsp3) is 0.538. The van der Waals surface area contributed by atoms with Gasteiger partial charge in [0.25, 0.3) is 5.56 Å². The molecule has 0 saturated carbocycles. The van der Waals surface area contributed by atoms with Crippen LogP contribution in [-0.4, -0.2) is 23.8 Å². The Bertz CT molecular complexity index is 466. The summed E-state index contributed by atoms with van der Waals surface area (Å²) in [7, 11) is 1.42. The Morgan fingerprint density at radius 3 is 2.67 bits per heavy atom. The number of nitrogens with zero attached hydrogens (tertiary/aromatic N) is 1. The second kappa shape index (κ2) is 6.23. The normalized spacial score (nSPS) is 13.8. The molecule has 0 aliphatic carbocycles. The summed E-state index contributed by atoms with van der Waals surface area (Å²) in [6, 6.07) is 2.56. The molecule has 1 aromatic rings. The Labute approximate surface area is 106 Å². The van der Waals surface area contributed by atoms with Crippen LogP contribution in [0, 0.1) is 0 Å². The van der Waals surface area contributed by atoms with E-state index in [4.69, 9.17) is 9.47 Å². The molecule has 18 heavy (non-hydrogen) atoms. The van der Waals surface area contributed by atoms with Gasteiger partial charge in [-0.2, -0.15) is 0 Å². The molecule has 0 spiro atoms. The van der Waals surface area contributed by atoms with Crippen LogP contribution < -0.4 is 10.3 Å². The first-order chi connectivity index (χ1) is 8.51. The largest absolute Gasteiger partial charge is 0.491 e. The summed E-state index contributed by atoms with van der Waals surface area (Å²) >= 11 is 0. The quantitative estimate of drug-likeness (QED) is 0.750. The number of hydrogen-bond donors (Lipinski definition) is 0. The summed E-state index contributed by atoms with van der Waals surface area (Å²) in [6.07, 6.45) is 2.14. The van der Waals surface area contributed by atoms with Gasteiger partial charge in [-0.3, -0.25) is 9.36 Å². The molecule has 0 N–H and O–H groups in total. The molecule has 0 aliphatic heterocycles. The van der Waals surface area contributed by atoms with Gasteiger partial charge >= 0.3 is 5.97 Å². The lowest BCUT2D eigenvalue weighted by molar-refractivity contribution is -0.152. The molecule has 100 valence electrons. The minimum Gasteiger partial charge on any atom is -0.491 e. The number of carbonyl (C=O) groups is 1. The molecule has 2 atom stereocenters. The van der Waals surface area contributed by atoms with Gasteiger partial charge in [0.2, 0.25) is 0 Å². The van der Waals surface area contributed by atoms with Gasteiger partial charge in [0.15, 0.2) is 5.75 Å². The molecular weight excluding hydrogens is 234 g/mol. The van der Waals surface area contributed by atoms with E-state index in [1.165, 1.54) is 11.7 Å². The van der Waals surface area contributed by atoms with E-state index in [1.807, 2.05) is 13.8 Å². The molecule has 5 heteroatoms. The van der Waals surface area contributed by atoms with Gasteiger partial charge in [-0.15, -0.1) is 0 Å². The van der Waals surface area contributed by atoms with Gasteiger partial charge in [-0.1, -0.05) is 6.92 Å². The Morgan fingerprint density at radius 2 is 2.11 bits per heavy atom. The molecule has 0 saturated heterocycles. The van der Waals surface area contributed by atoms with Gasteiger partial charge in [-0.25, -0.2) is 4.79 Å². The highest BCUT2D eigenvalue weighted by Gasteiger charge is 2.20.